The fourth-order valence-corrected chi connectivity index (χ4v) is 7.10. The maximum Gasteiger partial charge on any atom is 0.226 e. The van der Waals surface area contributed by atoms with Crippen molar-refractivity contribution in [3.8, 4) is 28.3 Å². The van der Waals surface area contributed by atoms with Crippen molar-refractivity contribution in [2.24, 2.45) is 11.3 Å². The number of amides is 1. The summed E-state index contributed by atoms with van der Waals surface area (Å²) >= 11 is 0. The minimum atomic E-state index is -0.327. The van der Waals surface area contributed by atoms with Gasteiger partial charge in [-0.3, -0.25) is 9.48 Å². The molecule has 1 saturated carbocycles. The molecule has 234 valence electrons. The maximum absolute atomic E-state index is 13.0. The molecule has 10 nitrogen and oxygen atoms in total. The predicted molar refractivity (Wildman–Crippen MR) is 173 cm³/mol. The number of hydrogen-bond acceptors (Lipinski definition) is 7. The molecule has 1 saturated heterocycles. The van der Waals surface area contributed by atoms with Crippen LogP contribution in [0.3, 0.4) is 0 Å². The Morgan fingerprint density at radius 2 is 1.84 bits per heavy atom. The second kappa shape index (κ2) is 12.8. The highest BCUT2D eigenvalue weighted by Crippen LogP contribution is 2.38. The van der Waals surface area contributed by atoms with Crippen LogP contribution >= 0.6 is 0 Å². The highest BCUT2D eigenvalue weighted by molar-refractivity contribution is 5.87. The van der Waals surface area contributed by atoms with Gasteiger partial charge in [0.25, 0.3) is 0 Å². The van der Waals surface area contributed by atoms with Gasteiger partial charge in [0.2, 0.25) is 5.91 Å². The van der Waals surface area contributed by atoms with E-state index in [4.69, 9.17) is 10.1 Å². The van der Waals surface area contributed by atoms with Crippen molar-refractivity contribution in [2.75, 3.05) is 18.0 Å². The Hall–Kier alpha value is -4.52. The summed E-state index contributed by atoms with van der Waals surface area (Å²) in [7, 11) is 0. The summed E-state index contributed by atoms with van der Waals surface area (Å²) < 4.78 is 3.84. The molecule has 0 atom stereocenters. The molecule has 2 aliphatic rings. The summed E-state index contributed by atoms with van der Waals surface area (Å²) in [5.74, 6) is 1.54. The van der Waals surface area contributed by atoms with Gasteiger partial charge in [-0.1, -0.05) is 6.92 Å². The number of aldehydes is 1. The number of rotatable bonds is 9. The summed E-state index contributed by atoms with van der Waals surface area (Å²) in [6.45, 7) is 7.67. The highest BCUT2D eigenvalue weighted by atomic mass is 16.2. The molecule has 1 N–H and O–H groups in total. The summed E-state index contributed by atoms with van der Waals surface area (Å²) in [5.41, 5.74) is 4.67. The summed E-state index contributed by atoms with van der Waals surface area (Å²) in [6.07, 6.45) is 17.7. The lowest BCUT2D eigenvalue weighted by Crippen LogP contribution is -2.50. The van der Waals surface area contributed by atoms with Crippen molar-refractivity contribution in [3.63, 3.8) is 0 Å². The van der Waals surface area contributed by atoms with E-state index in [9.17, 15) is 14.9 Å². The van der Waals surface area contributed by atoms with E-state index in [1.165, 1.54) is 0 Å². The van der Waals surface area contributed by atoms with E-state index in [1.807, 2.05) is 38.5 Å². The van der Waals surface area contributed by atoms with Crippen LogP contribution in [0, 0.1) is 22.7 Å². The van der Waals surface area contributed by atoms with Crippen LogP contribution in [0.1, 0.15) is 83.7 Å². The van der Waals surface area contributed by atoms with E-state index in [-0.39, 0.29) is 17.4 Å². The second-order valence-corrected chi connectivity index (χ2v) is 13.0. The van der Waals surface area contributed by atoms with Gasteiger partial charge in [-0.15, -0.1) is 0 Å². The third kappa shape index (κ3) is 6.08. The molecular weight excluding hydrogens is 564 g/mol. The molecule has 1 aliphatic heterocycles. The molecule has 45 heavy (non-hydrogen) atoms. The average Bonchev–Trinajstić information content (AvgIpc) is 3.73. The number of aromatic nitrogens is 5. The van der Waals surface area contributed by atoms with Crippen LogP contribution in [0.15, 0.2) is 49.2 Å². The number of pyridine rings is 2. The van der Waals surface area contributed by atoms with Gasteiger partial charge in [-0.2, -0.15) is 15.5 Å². The van der Waals surface area contributed by atoms with E-state index >= 15 is 0 Å². The Balaban J connectivity index is 1.24. The first-order chi connectivity index (χ1) is 21.8. The molecule has 1 amide bonds. The van der Waals surface area contributed by atoms with Crippen molar-refractivity contribution >= 4 is 23.5 Å². The minimum Gasteiger partial charge on any atom is -0.357 e. The first kappa shape index (κ1) is 30.5. The van der Waals surface area contributed by atoms with E-state index in [1.54, 1.807) is 10.7 Å². The van der Waals surface area contributed by atoms with Crippen LogP contribution in [-0.2, 0) is 9.59 Å². The van der Waals surface area contributed by atoms with E-state index in [0.29, 0.717) is 23.9 Å². The smallest absolute Gasteiger partial charge is 0.226 e. The molecule has 0 spiro atoms. The quantitative estimate of drug-likeness (QED) is 0.233. The highest BCUT2D eigenvalue weighted by Gasteiger charge is 2.40. The summed E-state index contributed by atoms with van der Waals surface area (Å²) in [4.78, 5) is 31.0. The third-order valence-corrected chi connectivity index (χ3v) is 9.97. The molecule has 10 heteroatoms. The molecule has 2 fully saturated rings. The van der Waals surface area contributed by atoms with Gasteiger partial charge in [0.05, 0.1) is 34.9 Å². The van der Waals surface area contributed by atoms with E-state index in [0.717, 1.165) is 97.9 Å². The molecule has 0 aromatic carbocycles. The molecule has 5 heterocycles. The zero-order chi connectivity index (χ0) is 31.6. The first-order valence-corrected chi connectivity index (χ1v) is 16.3. The second-order valence-electron chi connectivity index (χ2n) is 13.0. The Kier molecular flexibility index (Phi) is 8.70. The van der Waals surface area contributed by atoms with E-state index < -0.39 is 0 Å². The Morgan fingerprint density at radius 3 is 2.49 bits per heavy atom. The number of fused-ring (bicyclic) bond motifs is 1. The predicted octanol–water partition coefficient (Wildman–Crippen LogP) is 5.97. The van der Waals surface area contributed by atoms with Crippen molar-refractivity contribution < 1.29 is 9.59 Å². The molecule has 1 aliphatic carbocycles. The van der Waals surface area contributed by atoms with Gasteiger partial charge in [0, 0.05) is 66.4 Å². The van der Waals surface area contributed by atoms with Gasteiger partial charge in [-0.05, 0) is 82.9 Å². The summed E-state index contributed by atoms with van der Waals surface area (Å²) in [5, 5.41) is 22.2. The van der Waals surface area contributed by atoms with Crippen LogP contribution in [0.5, 0.6) is 0 Å². The maximum atomic E-state index is 13.0. The molecule has 4 aromatic heterocycles. The Bertz CT molecular complexity index is 1700. The van der Waals surface area contributed by atoms with Crippen molar-refractivity contribution in [1.29, 1.82) is 5.26 Å². The SMILES string of the molecule is CCC1(C(=O)NC(C)C)CCN(c2ccc(-c3cc(-c4cnn(C5CCC(CC=O)CC5)c4)cn4ncc(C#N)c34)cn2)CC1. The van der Waals surface area contributed by atoms with Crippen LogP contribution in [-0.4, -0.2) is 55.7 Å². The molecule has 6 rings (SSSR count). The standard InChI is InChI=1S/C35H42N8O2/c1-4-35(34(45)40-24(2)3)12-14-41(15-13-35)32-10-7-26(19-37-32)31-17-27(22-43-33(31)28(18-36)20-39-43)29-21-38-42(23-29)30-8-5-25(6-9-30)11-16-44/h7,10,16-17,19-25,30H,4-6,8-9,11-15H2,1-3H3,(H,40,45). The van der Waals surface area contributed by atoms with Crippen LogP contribution < -0.4 is 10.2 Å². The fraction of sp³-hybridized carbons (Fsp3) is 0.486. The molecule has 4 aromatic rings. The lowest BCUT2D eigenvalue weighted by molar-refractivity contribution is -0.133. The summed E-state index contributed by atoms with van der Waals surface area (Å²) in [6, 6.07) is 8.95. The Morgan fingerprint density at radius 1 is 1.07 bits per heavy atom. The van der Waals surface area contributed by atoms with Crippen molar-refractivity contribution in [3.05, 3.63) is 54.7 Å². The zero-order valence-corrected chi connectivity index (χ0v) is 26.4. The first-order valence-electron chi connectivity index (χ1n) is 16.3. The number of nitrogens with zero attached hydrogens (tertiary/aromatic N) is 7. The normalized spacial score (nSPS) is 19.8. The fourth-order valence-electron chi connectivity index (χ4n) is 7.10. The van der Waals surface area contributed by atoms with Gasteiger partial charge < -0.3 is 15.0 Å². The third-order valence-electron chi connectivity index (χ3n) is 9.97. The Labute approximate surface area is 264 Å². The number of hydrogen-bond donors (Lipinski definition) is 1. The number of carbonyl (C=O) groups excluding carboxylic acids is 2. The number of nitriles is 1. The molecular formula is C35H42N8O2. The van der Waals surface area contributed by atoms with Gasteiger partial charge in [0.1, 0.15) is 18.2 Å². The number of carbonyl (C=O) groups is 2. The molecule has 0 radical (unpaired) electrons. The van der Waals surface area contributed by atoms with Gasteiger partial charge in [0.15, 0.2) is 0 Å². The lowest BCUT2D eigenvalue weighted by atomic mass is 9.75. The van der Waals surface area contributed by atoms with Crippen LogP contribution in [0.25, 0.3) is 27.8 Å². The zero-order valence-electron chi connectivity index (χ0n) is 26.4. The minimum absolute atomic E-state index is 0.131. The number of nitrogens with one attached hydrogen (secondary N) is 1. The average molecular weight is 607 g/mol. The number of piperidine rings is 1. The monoisotopic (exact) mass is 606 g/mol. The van der Waals surface area contributed by atoms with E-state index in [2.05, 4.69) is 51.3 Å². The largest absolute Gasteiger partial charge is 0.357 e. The van der Waals surface area contributed by atoms with Gasteiger partial charge >= 0.3 is 0 Å². The number of anilines is 1. The molecule has 0 bridgehead atoms. The lowest BCUT2D eigenvalue weighted by Gasteiger charge is -2.41. The molecule has 0 unspecified atom stereocenters. The van der Waals surface area contributed by atoms with Crippen LogP contribution in [0.2, 0.25) is 0 Å². The topological polar surface area (TPSA) is 121 Å². The van der Waals surface area contributed by atoms with Crippen LogP contribution in [0.4, 0.5) is 5.82 Å². The van der Waals surface area contributed by atoms with Crippen molar-refractivity contribution in [2.45, 2.75) is 84.2 Å². The van der Waals surface area contributed by atoms with Crippen molar-refractivity contribution in [1.82, 2.24) is 29.7 Å². The van der Waals surface area contributed by atoms with Gasteiger partial charge in [-0.25, -0.2) is 9.50 Å².